The second-order valence-electron chi connectivity index (χ2n) is 7.45. The van der Waals surface area contributed by atoms with Crippen molar-refractivity contribution in [3.63, 3.8) is 0 Å². The first-order chi connectivity index (χ1) is 15.1. The number of hydrogen-bond acceptors (Lipinski definition) is 4. The Kier molecular flexibility index (Phi) is 4.03. The summed E-state index contributed by atoms with van der Waals surface area (Å²) in [6, 6.07) is 33.7. The molecule has 150 valence electrons. The second kappa shape index (κ2) is 6.80. The minimum atomic E-state index is -3.49. The Morgan fingerprint density at radius 1 is 0.645 bits per heavy atom. The lowest BCUT2D eigenvalue weighted by Gasteiger charge is -2.25. The summed E-state index contributed by atoms with van der Waals surface area (Å²) in [5.74, 6) is 0. The molecule has 1 aliphatic heterocycles. The minimum absolute atomic E-state index is 0.414. The van der Waals surface area contributed by atoms with Crippen LogP contribution in [0.1, 0.15) is 0 Å². The molecule has 0 atom stereocenters. The van der Waals surface area contributed by atoms with E-state index in [1.54, 1.807) is 23.5 Å². The fourth-order valence-corrected chi connectivity index (χ4v) is 7.76. The fourth-order valence-electron chi connectivity index (χ4n) is 4.24. The van der Waals surface area contributed by atoms with Gasteiger partial charge in [-0.2, -0.15) is 0 Å². The molecular formula is C26H17NO2S2. The quantitative estimate of drug-likeness (QED) is 0.293. The Morgan fingerprint density at radius 3 is 1.94 bits per heavy atom. The summed E-state index contributed by atoms with van der Waals surface area (Å²) in [4.78, 5) is 3.89. The fraction of sp³-hybridized carbons (Fsp3) is 0. The van der Waals surface area contributed by atoms with Crippen molar-refractivity contribution in [3.05, 3.63) is 103 Å². The van der Waals surface area contributed by atoms with Gasteiger partial charge in [0.05, 0.1) is 14.7 Å². The van der Waals surface area contributed by atoms with Gasteiger partial charge in [0.2, 0.25) is 9.84 Å². The van der Waals surface area contributed by atoms with Crippen molar-refractivity contribution in [3.8, 4) is 10.4 Å². The van der Waals surface area contributed by atoms with E-state index in [9.17, 15) is 8.42 Å². The molecule has 4 aromatic carbocycles. The highest BCUT2D eigenvalue weighted by Gasteiger charge is 2.36. The zero-order chi connectivity index (χ0) is 21.0. The summed E-state index contributed by atoms with van der Waals surface area (Å²) in [5, 5.41) is 0.793. The van der Waals surface area contributed by atoms with Gasteiger partial charge in [0.1, 0.15) is 0 Å². The van der Waals surface area contributed by atoms with Gasteiger partial charge in [0, 0.05) is 32.7 Å². The molecule has 0 unspecified atom stereocenters. The van der Waals surface area contributed by atoms with Crippen molar-refractivity contribution in [2.75, 3.05) is 4.90 Å². The van der Waals surface area contributed by atoms with E-state index >= 15 is 0 Å². The number of anilines is 3. The van der Waals surface area contributed by atoms with Crippen LogP contribution in [0.5, 0.6) is 0 Å². The zero-order valence-corrected chi connectivity index (χ0v) is 18.0. The van der Waals surface area contributed by atoms with Crippen molar-refractivity contribution < 1.29 is 8.42 Å². The molecule has 5 aromatic rings. The van der Waals surface area contributed by atoms with Crippen molar-refractivity contribution in [1.82, 2.24) is 0 Å². The normalized spacial score (nSPS) is 13.7. The Balaban J connectivity index is 1.57. The van der Waals surface area contributed by atoms with Crippen LogP contribution in [0.25, 0.3) is 20.5 Å². The molecule has 0 fully saturated rings. The molecule has 2 heterocycles. The number of benzene rings is 4. The van der Waals surface area contributed by atoms with Crippen LogP contribution < -0.4 is 4.90 Å². The van der Waals surface area contributed by atoms with Crippen LogP contribution >= 0.6 is 11.3 Å². The van der Waals surface area contributed by atoms with Gasteiger partial charge in [-0.3, -0.25) is 0 Å². The number of rotatable bonds is 3. The van der Waals surface area contributed by atoms with Crippen LogP contribution in [0.3, 0.4) is 0 Å². The maximum Gasteiger partial charge on any atom is 0.209 e. The van der Waals surface area contributed by atoms with Gasteiger partial charge in [0.25, 0.3) is 0 Å². The molecule has 0 amide bonds. The number of para-hydroxylation sites is 2. The zero-order valence-electron chi connectivity index (χ0n) is 16.4. The molecule has 6 rings (SSSR count). The summed E-state index contributed by atoms with van der Waals surface area (Å²) in [7, 11) is -3.49. The molecular weight excluding hydrogens is 422 g/mol. The molecule has 31 heavy (non-hydrogen) atoms. The average molecular weight is 440 g/mol. The Labute approximate surface area is 184 Å². The Morgan fingerprint density at radius 2 is 1.26 bits per heavy atom. The number of sulfone groups is 1. The van der Waals surface area contributed by atoms with Crippen molar-refractivity contribution in [2.45, 2.75) is 9.79 Å². The van der Waals surface area contributed by atoms with Crippen LogP contribution in [0, 0.1) is 0 Å². The first-order valence-corrected chi connectivity index (χ1v) is 12.3. The van der Waals surface area contributed by atoms with Crippen molar-refractivity contribution >= 4 is 48.3 Å². The van der Waals surface area contributed by atoms with Gasteiger partial charge in [-0.25, -0.2) is 8.42 Å². The molecule has 0 radical (unpaired) electrons. The van der Waals surface area contributed by atoms with E-state index in [0.29, 0.717) is 9.79 Å². The highest BCUT2D eigenvalue weighted by Crippen LogP contribution is 2.52. The van der Waals surface area contributed by atoms with E-state index in [1.807, 2.05) is 60.7 Å². The minimum Gasteiger partial charge on any atom is -0.310 e. The molecule has 0 spiro atoms. The monoisotopic (exact) mass is 439 g/mol. The van der Waals surface area contributed by atoms with E-state index in [-0.39, 0.29) is 0 Å². The maximum absolute atomic E-state index is 13.2. The molecule has 0 aliphatic carbocycles. The van der Waals surface area contributed by atoms with E-state index in [0.717, 1.165) is 37.6 Å². The van der Waals surface area contributed by atoms with Gasteiger partial charge >= 0.3 is 0 Å². The van der Waals surface area contributed by atoms with Crippen LogP contribution in [0.2, 0.25) is 0 Å². The van der Waals surface area contributed by atoms with Gasteiger partial charge < -0.3 is 4.90 Å². The average Bonchev–Trinajstić information content (AvgIpc) is 3.29. The molecule has 0 bridgehead atoms. The van der Waals surface area contributed by atoms with Gasteiger partial charge in [-0.05, 0) is 42.5 Å². The predicted molar refractivity (Wildman–Crippen MR) is 127 cm³/mol. The molecule has 5 heteroatoms. The third-order valence-electron chi connectivity index (χ3n) is 5.60. The van der Waals surface area contributed by atoms with Gasteiger partial charge in [-0.1, -0.05) is 60.7 Å². The summed E-state index contributed by atoms with van der Waals surface area (Å²) in [6.07, 6.45) is 0. The highest BCUT2D eigenvalue weighted by atomic mass is 32.2. The SMILES string of the molecule is O=S1(=O)c2ccccc2-c2sc3cc(N(c4ccccc4)c4ccccc4)ccc3c21. The van der Waals surface area contributed by atoms with Gasteiger partial charge in [0.15, 0.2) is 0 Å². The first-order valence-electron chi connectivity index (χ1n) is 9.96. The lowest BCUT2D eigenvalue weighted by Crippen LogP contribution is -2.09. The topological polar surface area (TPSA) is 37.4 Å². The largest absolute Gasteiger partial charge is 0.310 e. The highest BCUT2D eigenvalue weighted by molar-refractivity contribution is 7.92. The van der Waals surface area contributed by atoms with E-state index in [4.69, 9.17) is 0 Å². The standard InChI is InChI=1S/C26H17NO2S2/c28-31(29)24-14-8-7-13-22(24)25-26(31)21-16-15-20(17-23(21)30-25)27(18-9-3-1-4-10-18)19-11-5-2-6-12-19/h1-17H. The lowest BCUT2D eigenvalue weighted by molar-refractivity contribution is 0.599. The van der Waals surface area contributed by atoms with Crippen LogP contribution in [-0.2, 0) is 9.84 Å². The Bertz CT molecular complexity index is 1500. The summed E-state index contributed by atoms with van der Waals surface area (Å²) in [5.41, 5.74) is 3.91. The second-order valence-corrected chi connectivity index (χ2v) is 10.4. The Hall–Kier alpha value is -3.41. The van der Waals surface area contributed by atoms with Crippen LogP contribution in [0.15, 0.2) is 113 Å². The molecule has 1 aliphatic rings. The third-order valence-corrected chi connectivity index (χ3v) is 8.82. The van der Waals surface area contributed by atoms with Crippen LogP contribution in [0.4, 0.5) is 17.1 Å². The van der Waals surface area contributed by atoms with Crippen molar-refractivity contribution in [1.29, 1.82) is 0 Å². The predicted octanol–water partition coefficient (Wildman–Crippen LogP) is 7.18. The summed E-state index contributed by atoms with van der Waals surface area (Å²) < 4.78 is 27.4. The molecule has 0 saturated carbocycles. The molecule has 0 N–H and O–H groups in total. The summed E-state index contributed by atoms with van der Waals surface area (Å²) in [6.45, 7) is 0. The van der Waals surface area contributed by atoms with Crippen molar-refractivity contribution in [2.24, 2.45) is 0 Å². The maximum atomic E-state index is 13.2. The van der Waals surface area contributed by atoms with E-state index in [1.165, 1.54) is 0 Å². The number of thiophene rings is 1. The molecule has 1 aromatic heterocycles. The smallest absolute Gasteiger partial charge is 0.209 e. The summed E-state index contributed by atoms with van der Waals surface area (Å²) >= 11 is 1.55. The van der Waals surface area contributed by atoms with Gasteiger partial charge in [-0.15, -0.1) is 11.3 Å². The number of fused-ring (bicyclic) bond motifs is 5. The first kappa shape index (κ1) is 18.4. The molecule has 3 nitrogen and oxygen atoms in total. The van der Waals surface area contributed by atoms with E-state index in [2.05, 4.69) is 35.2 Å². The lowest BCUT2D eigenvalue weighted by atomic mass is 10.1. The van der Waals surface area contributed by atoms with E-state index < -0.39 is 9.84 Å². The number of nitrogens with zero attached hydrogens (tertiary/aromatic N) is 1. The number of hydrogen-bond donors (Lipinski definition) is 0. The van der Waals surface area contributed by atoms with Crippen LogP contribution in [-0.4, -0.2) is 8.42 Å². The third kappa shape index (κ3) is 2.74. The molecule has 0 saturated heterocycles.